The van der Waals surface area contributed by atoms with E-state index in [1.807, 2.05) is 0 Å². The van der Waals surface area contributed by atoms with Crippen LogP contribution in [0.3, 0.4) is 0 Å². The van der Waals surface area contributed by atoms with Gasteiger partial charge in [-0.1, -0.05) is 19.9 Å². The number of ketones is 1. The third-order valence-electron chi connectivity index (χ3n) is 9.94. The molecule has 2 unspecified atom stereocenters. The zero-order valence-corrected chi connectivity index (χ0v) is 22.2. The molecule has 4 aliphatic carbocycles. The van der Waals surface area contributed by atoms with Crippen LogP contribution in [-0.2, 0) is 14.3 Å². The lowest BCUT2D eigenvalue weighted by Gasteiger charge is -2.67. The highest BCUT2D eigenvalue weighted by atomic mass is 32.2. The van der Waals surface area contributed by atoms with Gasteiger partial charge in [0, 0.05) is 22.7 Å². The largest absolute Gasteiger partial charge is 0.457 e. The number of fused-ring (bicyclic) bond motifs is 5. The molecule has 0 aliphatic heterocycles. The van der Waals surface area contributed by atoms with Crippen LogP contribution in [0.4, 0.5) is 13.2 Å². The number of ether oxygens (including phenoxy) is 1. The van der Waals surface area contributed by atoms with Crippen molar-refractivity contribution in [2.24, 2.45) is 28.6 Å². The van der Waals surface area contributed by atoms with Crippen LogP contribution in [0.25, 0.3) is 0 Å². The molecule has 1 aromatic rings. The zero-order valence-electron chi connectivity index (χ0n) is 21.4. The molecule has 3 fully saturated rings. The molecule has 1 aromatic heterocycles. The van der Waals surface area contributed by atoms with Gasteiger partial charge in [0.2, 0.25) is 10.9 Å². The number of hydrogen-bond donors (Lipinski definition) is 1. The van der Waals surface area contributed by atoms with E-state index in [1.165, 1.54) is 37.5 Å². The quantitative estimate of drug-likeness (QED) is 0.506. The van der Waals surface area contributed by atoms with Crippen molar-refractivity contribution in [1.29, 1.82) is 0 Å². The number of allylic oxidation sites excluding steroid dienone is 4. The fourth-order valence-corrected chi connectivity index (χ4v) is 8.94. The Bertz CT molecular complexity index is 1220. The molecular formula is C28H31F3O6S. The summed E-state index contributed by atoms with van der Waals surface area (Å²) in [7, 11) is 0. The Morgan fingerprint density at radius 1 is 1.26 bits per heavy atom. The molecule has 4 aliphatic rings. The number of esters is 1. The van der Waals surface area contributed by atoms with Crippen LogP contribution in [0.2, 0.25) is 0 Å². The van der Waals surface area contributed by atoms with Gasteiger partial charge >= 0.3 is 5.97 Å². The van der Waals surface area contributed by atoms with Gasteiger partial charge in [0.15, 0.2) is 17.1 Å². The topological polar surface area (TPSA) is 93.8 Å². The third-order valence-corrected chi connectivity index (χ3v) is 10.6. The average Bonchev–Trinajstić information content (AvgIpc) is 3.40. The van der Waals surface area contributed by atoms with Crippen molar-refractivity contribution in [3.8, 4) is 0 Å². The van der Waals surface area contributed by atoms with Crippen LogP contribution in [0.5, 0.6) is 0 Å². The zero-order chi connectivity index (χ0) is 27.7. The molecule has 38 heavy (non-hydrogen) atoms. The summed E-state index contributed by atoms with van der Waals surface area (Å²) in [5, 5.41) is 10.8. The Balaban J connectivity index is 1.65. The maximum atomic E-state index is 17.5. The summed E-state index contributed by atoms with van der Waals surface area (Å²) in [6, 6.07) is 1.79. The normalized spacial score (nSPS) is 43.9. The summed E-state index contributed by atoms with van der Waals surface area (Å²) < 4.78 is 57.9. The van der Waals surface area contributed by atoms with Gasteiger partial charge in [0.1, 0.15) is 12.2 Å². The highest BCUT2D eigenvalue weighted by Gasteiger charge is 2.76. The van der Waals surface area contributed by atoms with Crippen LogP contribution in [0, 0.1) is 28.6 Å². The Morgan fingerprint density at radius 3 is 2.66 bits per heavy atom. The lowest BCUT2D eigenvalue weighted by atomic mass is 9.39. The molecule has 0 saturated heterocycles. The molecule has 0 spiro atoms. The van der Waals surface area contributed by atoms with Crippen molar-refractivity contribution in [1.82, 2.24) is 0 Å². The van der Waals surface area contributed by atoms with Gasteiger partial charge in [0.25, 0.3) is 0 Å². The molecule has 5 rings (SSSR count). The standard InChI is InChI=1S/C28H31F3O6S/c1-15-6-7-17-18-12-20(30)19-11-16(32)8-9-25(19,2)27(18,31)22(33)13-26(17,3)28(15,24(35)38-14-29)37-23(34)21-5-4-10-36-21/h4-5,8-11,15,17-18,20,22,33H,6-7,12-14H2,1-3H3/t15-,17?,18?,20+,22+,25+,26+,27+,28+/m1/s1. The molecule has 6 nitrogen and oxygen atoms in total. The minimum Gasteiger partial charge on any atom is -0.457 e. The van der Waals surface area contributed by atoms with Crippen molar-refractivity contribution in [3.05, 3.63) is 48.0 Å². The number of aliphatic hydroxyl groups is 1. The van der Waals surface area contributed by atoms with Crippen LogP contribution in [0.1, 0.15) is 57.0 Å². The predicted octanol–water partition coefficient (Wildman–Crippen LogP) is 5.32. The van der Waals surface area contributed by atoms with E-state index in [0.29, 0.717) is 24.6 Å². The number of carbonyl (C=O) groups is 3. The van der Waals surface area contributed by atoms with E-state index >= 15 is 8.78 Å². The van der Waals surface area contributed by atoms with Gasteiger partial charge in [0.05, 0.1) is 12.4 Å². The predicted molar refractivity (Wildman–Crippen MR) is 133 cm³/mol. The number of halogens is 3. The maximum absolute atomic E-state index is 17.5. The lowest BCUT2D eigenvalue weighted by Crippen LogP contribution is -2.75. The number of rotatable bonds is 4. The van der Waals surface area contributed by atoms with Crippen LogP contribution in [-0.4, -0.2) is 51.5 Å². The van der Waals surface area contributed by atoms with E-state index < -0.39 is 75.0 Å². The molecule has 9 atom stereocenters. The Kier molecular flexibility index (Phi) is 6.53. The molecule has 0 bridgehead atoms. The second-order valence-corrected chi connectivity index (χ2v) is 12.4. The molecule has 1 heterocycles. The van der Waals surface area contributed by atoms with Crippen molar-refractivity contribution in [3.63, 3.8) is 0 Å². The summed E-state index contributed by atoms with van der Waals surface area (Å²) in [5.41, 5.74) is -7.22. The summed E-state index contributed by atoms with van der Waals surface area (Å²) in [6.45, 7) is 4.86. The number of thioether (sulfide) groups is 1. The first-order valence-corrected chi connectivity index (χ1v) is 13.8. The highest BCUT2D eigenvalue weighted by Crippen LogP contribution is 2.70. The van der Waals surface area contributed by atoms with Crippen molar-refractivity contribution >= 4 is 28.6 Å². The second-order valence-electron chi connectivity index (χ2n) is 11.5. The summed E-state index contributed by atoms with van der Waals surface area (Å²) in [5.74, 6) is -3.89. The van der Waals surface area contributed by atoms with Crippen molar-refractivity contribution in [2.45, 2.75) is 70.0 Å². The summed E-state index contributed by atoms with van der Waals surface area (Å²) in [4.78, 5) is 39.0. The van der Waals surface area contributed by atoms with Gasteiger partial charge in [-0.2, -0.15) is 0 Å². The summed E-state index contributed by atoms with van der Waals surface area (Å²) in [6.07, 6.45) is 1.71. The van der Waals surface area contributed by atoms with Gasteiger partial charge < -0.3 is 14.3 Å². The third kappa shape index (κ3) is 3.41. The Morgan fingerprint density at radius 2 is 2.00 bits per heavy atom. The van der Waals surface area contributed by atoms with E-state index in [1.54, 1.807) is 13.8 Å². The van der Waals surface area contributed by atoms with E-state index in [9.17, 15) is 23.9 Å². The highest BCUT2D eigenvalue weighted by molar-refractivity contribution is 8.13. The van der Waals surface area contributed by atoms with Gasteiger partial charge in [-0.15, -0.1) is 0 Å². The first-order valence-electron chi connectivity index (χ1n) is 12.8. The Hall–Kier alpha value is -2.33. The van der Waals surface area contributed by atoms with Gasteiger partial charge in [-0.3, -0.25) is 9.59 Å². The fraction of sp³-hybridized carbons (Fsp3) is 0.607. The molecule has 0 aromatic carbocycles. The first kappa shape index (κ1) is 27.2. The van der Waals surface area contributed by atoms with Gasteiger partial charge in [-0.25, -0.2) is 18.0 Å². The van der Waals surface area contributed by atoms with E-state index in [2.05, 4.69) is 0 Å². The minimum absolute atomic E-state index is 0.00449. The van der Waals surface area contributed by atoms with Crippen LogP contribution in [0.15, 0.2) is 46.6 Å². The number of furan rings is 1. The SMILES string of the molecule is C[C@@H]1CCC2C3C[C@H](F)C4=CC(=O)C=C[C@]4(C)[C@@]3(F)[C@@H](O)C[C@]2(C)[C@@]1(OC(=O)c1ccco1)C(=O)SCF. The number of carbonyl (C=O) groups excluding carboxylic acids is 3. The minimum atomic E-state index is -2.35. The smallest absolute Gasteiger partial charge is 0.375 e. The summed E-state index contributed by atoms with van der Waals surface area (Å²) >= 11 is 0.361. The fourth-order valence-electron chi connectivity index (χ4n) is 8.15. The number of aliphatic hydroxyl groups excluding tert-OH is 1. The van der Waals surface area contributed by atoms with Crippen LogP contribution >= 0.6 is 11.8 Å². The number of alkyl halides is 3. The van der Waals surface area contributed by atoms with E-state index in [-0.39, 0.29) is 24.2 Å². The molecule has 0 radical (unpaired) electrons. The number of hydrogen-bond acceptors (Lipinski definition) is 7. The molecule has 3 saturated carbocycles. The lowest BCUT2D eigenvalue weighted by molar-refractivity contribution is -0.259. The average molecular weight is 553 g/mol. The molecular weight excluding hydrogens is 521 g/mol. The Labute approximate surface area is 223 Å². The van der Waals surface area contributed by atoms with Crippen molar-refractivity contribution < 1.29 is 41.8 Å². The maximum Gasteiger partial charge on any atom is 0.375 e. The molecule has 10 heteroatoms. The second kappa shape index (κ2) is 9.11. The van der Waals surface area contributed by atoms with E-state index in [4.69, 9.17) is 9.15 Å². The molecule has 206 valence electrons. The monoisotopic (exact) mass is 552 g/mol. The van der Waals surface area contributed by atoms with E-state index in [0.717, 1.165) is 6.08 Å². The van der Waals surface area contributed by atoms with Crippen LogP contribution < -0.4 is 0 Å². The van der Waals surface area contributed by atoms with Crippen molar-refractivity contribution in [2.75, 3.05) is 6.01 Å². The molecule has 0 amide bonds. The molecule has 1 N–H and O–H groups in total. The van der Waals surface area contributed by atoms with Gasteiger partial charge in [-0.05, 0) is 80.1 Å². The first-order chi connectivity index (χ1) is 17.9.